The standard InChI is InChI=1S/C20H21FN2O3/c21-20(8-7-16(12-20)19(25)26)13-23-18(24)15-5-3-4-14(10-15)11-17-6-1-2-9-22-17/h1-6,9-10,16H,7-8,11-13H2,(H,23,24)(H,25,26)/t16-,20+/m1/s1. The number of carboxylic acid groups (broad SMARTS) is 1. The van der Waals surface area contributed by atoms with Crippen LogP contribution in [0, 0.1) is 5.92 Å². The first-order valence-electron chi connectivity index (χ1n) is 8.64. The van der Waals surface area contributed by atoms with E-state index in [0.29, 0.717) is 18.4 Å². The zero-order valence-corrected chi connectivity index (χ0v) is 14.3. The van der Waals surface area contributed by atoms with E-state index in [0.717, 1.165) is 11.3 Å². The van der Waals surface area contributed by atoms with Gasteiger partial charge in [-0.15, -0.1) is 0 Å². The summed E-state index contributed by atoms with van der Waals surface area (Å²) >= 11 is 0. The number of aromatic nitrogens is 1. The molecule has 5 nitrogen and oxygen atoms in total. The van der Waals surface area contributed by atoms with Crippen LogP contribution >= 0.6 is 0 Å². The molecule has 0 bridgehead atoms. The Morgan fingerprint density at radius 1 is 1.27 bits per heavy atom. The van der Waals surface area contributed by atoms with Crippen molar-refractivity contribution in [3.63, 3.8) is 0 Å². The third-order valence-corrected chi connectivity index (χ3v) is 4.77. The van der Waals surface area contributed by atoms with E-state index < -0.39 is 17.6 Å². The SMILES string of the molecule is O=C(NC[C@]1(F)CC[C@@H](C(=O)O)C1)c1cccc(Cc2ccccn2)c1. The summed E-state index contributed by atoms with van der Waals surface area (Å²) in [5.41, 5.74) is 0.649. The molecule has 0 radical (unpaired) electrons. The van der Waals surface area contributed by atoms with Crippen molar-refractivity contribution in [1.29, 1.82) is 0 Å². The van der Waals surface area contributed by atoms with Crippen molar-refractivity contribution >= 4 is 11.9 Å². The molecular weight excluding hydrogens is 335 g/mol. The fourth-order valence-corrected chi connectivity index (χ4v) is 3.33. The molecule has 2 N–H and O–H groups in total. The highest BCUT2D eigenvalue weighted by Crippen LogP contribution is 2.37. The molecule has 2 atom stereocenters. The summed E-state index contributed by atoms with van der Waals surface area (Å²) < 4.78 is 14.7. The number of alkyl halides is 1. The van der Waals surface area contributed by atoms with E-state index in [1.54, 1.807) is 24.4 Å². The zero-order chi connectivity index (χ0) is 18.6. The maximum atomic E-state index is 14.7. The van der Waals surface area contributed by atoms with Crippen LogP contribution in [0.3, 0.4) is 0 Å². The number of carbonyl (C=O) groups excluding carboxylic acids is 1. The van der Waals surface area contributed by atoms with Crippen molar-refractivity contribution in [2.24, 2.45) is 5.92 Å². The molecule has 26 heavy (non-hydrogen) atoms. The van der Waals surface area contributed by atoms with Crippen LogP contribution in [0.2, 0.25) is 0 Å². The van der Waals surface area contributed by atoms with Crippen LogP contribution in [0.1, 0.15) is 40.9 Å². The Morgan fingerprint density at radius 3 is 2.81 bits per heavy atom. The van der Waals surface area contributed by atoms with Crippen molar-refractivity contribution in [2.75, 3.05) is 6.54 Å². The predicted molar refractivity (Wildman–Crippen MR) is 94.6 cm³/mol. The van der Waals surface area contributed by atoms with E-state index in [9.17, 15) is 14.0 Å². The van der Waals surface area contributed by atoms with Gasteiger partial charge in [-0.1, -0.05) is 18.2 Å². The molecule has 1 saturated carbocycles. The number of hydrogen-bond acceptors (Lipinski definition) is 3. The lowest BCUT2D eigenvalue weighted by atomic mass is 10.0. The molecule has 1 aromatic carbocycles. The number of hydrogen-bond donors (Lipinski definition) is 2. The van der Waals surface area contributed by atoms with Gasteiger partial charge in [-0.05, 0) is 49.1 Å². The van der Waals surface area contributed by atoms with Crippen molar-refractivity contribution in [3.8, 4) is 0 Å². The van der Waals surface area contributed by atoms with Gasteiger partial charge in [0.05, 0.1) is 12.5 Å². The number of amides is 1. The molecule has 1 heterocycles. The first-order valence-corrected chi connectivity index (χ1v) is 8.64. The average molecular weight is 356 g/mol. The van der Waals surface area contributed by atoms with E-state index in [1.807, 2.05) is 24.3 Å². The van der Waals surface area contributed by atoms with E-state index >= 15 is 0 Å². The molecule has 2 aromatic rings. The lowest BCUT2D eigenvalue weighted by molar-refractivity contribution is -0.141. The van der Waals surface area contributed by atoms with Gasteiger partial charge in [0.1, 0.15) is 5.67 Å². The lowest BCUT2D eigenvalue weighted by Gasteiger charge is -2.20. The quantitative estimate of drug-likeness (QED) is 0.834. The number of pyridine rings is 1. The van der Waals surface area contributed by atoms with Gasteiger partial charge in [0.2, 0.25) is 0 Å². The summed E-state index contributed by atoms with van der Waals surface area (Å²) in [6, 6.07) is 12.8. The molecule has 0 unspecified atom stereocenters. The fourth-order valence-electron chi connectivity index (χ4n) is 3.33. The Kier molecular flexibility index (Phi) is 5.30. The van der Waals surface area contributed by atoms with Gasteiger partial charge >= 0.3 is 5.97 Å². The second-order valence-corrected chi connectivity index (χ2v) is 6.81. The smallest absolute Gasteiger partial charge is 0.306 e. The van der Waals surface area contributed by atoms with E-state index in [1.165, 1.54) is 0 Å². The van der Waals surface area contributed by atoms with Gasteiger partial charge in [0.15, 0.2) is 0 Å². The minimum absolute atomic E-state index is 0.0532. The number of nitrogens with one attached hydrogen (secondary N) is 1. The van der Waals surface area contributed by atoms with E-state index in [-0.39, 0.29) is 25.3 Å². The largest absolute Gasteiger partial charge is 0.481 e. The van der Waals surface area contributed by atoms with Crippen LogP contribution in [0.4, 0.5) is 4.39 Å². The van der Waals surface area contributed by atoms with Gasteiger partial charge in [0, 0.05) is 23.9 Å². The summed E-state index contributed by atoms with van der Waals surface area (Å²) in [6.45, 7) is -0.167. The third-order valence-electron chi connectivity index (χ3n) is 4.77. The molecule has 3 rings (SSSR count). The van der Waals surface area contributed by atoms with Crippen molar-refractivity contribution in [1.82, 2.24) is 10.3 Å². The first kappa shape index (κ1) is 18.0. The van der Waals surface area contributed by atoms with Crippen molar-refractivity contribution in [3.05, 3.63) is 65.5 Å². The molecule has 1 aromatic heterocycles. The summed E-state index contributed by atoms with van der Waals surface area (Å²) in [4.78, 5) is 27.6. The summed E-state index contributed by atoms with van der Waals surface area (Å²) in [5.74, 6) is -2.00. The van der Waals surface area contributed by atoms with Crippen LogP contribution in [0.5, 0.6) is 0 Å². The molecule has 0 spiro atoms. The molecular formula is C20H21FN2O3. The Bertz CT molecular complexity index is 797. The van der Waals surface area contributed by atoms with Crippen LogP contribution in [-0.4, -0.2) is 34.2 Å². The Hall–Kier alpha value is -2.76. The minimum Gasteiger partial charge on any atom is -0.481 e. The van der Waals surface area contributed by atoms with E-state index in [2.05, 4.69) is 10.3 Å². The number of nitrogens with zero attached hydrogens (tertiary/aromatic N) is 1. The number of carbonyl (C=O) groups is 2. The molecule has 6 heteroatoms. The molecule has 0 saturated heterocycles. The van der Waals surface area contributed by atoms with Crippen LogP contribution in [0.15, 0.2) is 48.7 Å². The Labute approximate surface area is 151 Å². The summed E-state index contributed by atoms with van der Waals surface area (Å²) in [5, 5.41) is 11.6. The maximum Gasteiger partial charge on any atom is 0.306 e. The highest BCUT2D eigenvalue weighted by atomic mass is 19.1. The highest BCUT2D eigenvalue weighted by molar-refractivity contribution is 5.94. The monoisotopic (exact) mass is 356 g/mol. The minimum atomic E-state index is -1.65. The molecule has 136 valence electrons. The average Bonchev–Trinajstić information content (AvgIpc) is 3.04. The fraction of sp³-hybridized carbons (Fsp3) is 0.350. The van der Waals surface area contributed by atoms with Crippen LogP contribution in [0.25, 0.3) is 0 Å². The second-order valence-electron chi connectivity index (χ2n) is 6.81. The second kappa shape index (κ2) is 7.64. The number of halogens is 1. The number of rotatable bonds is 6. The van der Waals surface area contributed by atoms with Crippen molar-refractivity contribution in [2.45, 2.75) is 31.4 Å². The van der Waals surface area contributed by atoms with Gasteiger partial charge in [-0.25, -0.2) is 4.39 Å². The van der Waals surface area contributed by atoms with Gasteiger partial charge < -0.3 is 10.4 Å². The normalized spacial score (nSPS) is 22.1. The van der Waals surface area contributed by atoms with Crippen LogP contribution in [-0.2, 0) is 11.2 Å². The Morgan fingerprint density at radius 2 is 2.12 bits per heavy atom. The Balaban J connectivity index is 1.60. The van der Waals surface area contributed by atoms with Gasteiger partial charge in [0.25, 0.3) is 5.91 Å². The molecule has 1 aliphatic carbocycles. The number of carboxylic acids is 1. The summed E-state index contributed by atoms with van der Waals surface area (Å²) in [6.07, 6.45) is 2.74. The van der Waals surface area contributed by atoms with Gasteiger partial charge in [-0.2, -0.15) is 0 Å². The number of benzene rings is 1. The van der Waals surface area contributed by atoms with Crippen LogP contribution < -0.4 is 5.32 Å². The lowest BCUT2D eigenvalue weighted by Crippen LogP contribution is -2.38. The predicted octanol–water partition coefficient (Wildman–Crippen LogP) is 3.00. The zero-order valence-electron chi connectivity index (χ0n) is 14.3. The van der Waals surface area contributed by atoms with Gasteiger partial charge in [-0.3, -0.25) is 14.6 Å². The van der Waals surface area contributed by atoms with E-state index in [4.69, 9.17) is 5.11 Å². The molecule has 1 aliphatic rings. The number of aliphatic carboxylic acids is 1. The highest BCUT2D eigenvalue weighted by Gasteiger charge is 2.42. The molecule has 1 fully saturated rings. The molecule has 1 amide bonds. The maximum absolute atomic E-state index is 14.7. The van der Waals surface area contributed by atoms with Crippen molar-refractivity contribution < 1.29 is 19.1 Å². The topological polar surface area (TPSA) is 79.3 Å². The first-order chi connectivity index (χ1) is 12.5. The summed E-state index contributed by atoms with van der Waals surface area (Å²) in [7, 11) is 0. The molecule has 0 aliphatic heterocycles. The third kappa shape index (κ3) is 4.45.